The van der Waals surface area contributed by atoms with Crippen LogP contribution in [0.25, 0.3) is 0 Å². The van der Waals surface area contributed by atoms with Gasteiger partial charge in [-0.2, -0.15) is 0 Å². The van der Waals surface area contributed by atoms with Crippen molar-refractivity contribution in [2.45, 2.75) is 19.4 Å². The van der Waals surface area contributed by atoms with Crippen LogP contribution in [0.3, 0.4) is 0 Å². The first-order valence-electron chi connectivity index (χ1n) is 6.73. The van der Waals surface area contributed by atoms with E-state index in [1.165, 1.54) is 0 Å². The number of nitro groups is 1. The predicted octanol–water partition coefficient (Wildman–Crippen LogP) is 2.03. The summed E-state index contributed by atoms with van der Waals surface area (Å²) in [5, 5.41) is 14.2. The van der Waals surface area contributed by atoms with Gasteiger partial charge in [-0.25, -0.2) is 0 Å². The van der Waals surface area contributed by atoms with Crippen molar-refractivity contribution in [1.29, 1.82) is 0 Å². The monoisotopic (exact) mass is 261 g/mol. The van der Waals surface area contributed by atoms with E-state index in [-0.39, 0.29) is 16.1 Å². The molecular formula is C14H19N3O2. The Labute approximate surface area is 112 Å². The largest absolute Gasteiger partial charge is 0.366 e. The second-order valence-corrected chi connectivity index (χ2v) is 6.06. The molecule has 0 saturated carbocycles. The zero-order valence-corrected chi connectivity index (χ0v) is 11.3. The van der Waals surface area contributed by atoms with Gasteiger partial charge in [0.2, 0.25) is 0 Å². The van der Waals surface area contributed by atoms with Gasteiger partial charge in [-0.1, -0.05) is 0 Å². The fourth-order valence-electron chi connectivity index (χ4n) is 3.61. The SMILES string of the molecule is CC1(C)C2CNCC2CN1c1ccc([N+](=O)[O-])cc1. The van der Waals surface area contributed by atoms with Gasteiger partial charge in [0.05, 0.1) is 4.92 Å². The van der Waals surface area contributed by atoms with Crippen LogP contribution in [0.5, 0.6) is 0 Å². The van der Waals surface area contributed by atoms with Crippen molar-refractivity contribution < 1.29 is 4.92 Å². The van der Waals surface area contributed by atoms with Gasteiger partial charge in [-0.3, -0.25) is 10.1 Å². The van der Waals surface area contributed by atoms with E-state index >= 15 is 0 Å². The highest BCUT2D eigenvalue weighted by Crippen LogP contribution is 2.43. The molecule has 2 saturated heterocycles. The van der Waals surface area contributed by atoms with Gasteiger partial charge in [-0.15, -0.1) is 0 Å². The zero-order chi connectivity index (χ0) is 13.6. The Morgan fingerprint density at radius 1 is 1.32 bits per heavy atom. The molecule has 2 fully saturated rings. The van der Waals surface area contributed by atoms with E-state index in [4.69, 9.17) is 0 Å². The van der Waals surface area contributed by atoms with Crippen molar-refractivity contribution in [3.8, 4) is 0 Å². The number of nitro benzene ring substituents is 1. The van der Waals surface area contributed by atoms with Gasteiger partial charge >= 0.3 is 0 Å². The third-order valence-corrected chi connectivity index (χ3v) is 4.73. The lowest BCUT2D eigenvalue weighted by Crippen LogP contribution is -2.44. The number of nitrogens with zero attached hydrogens (tertiary/aromatic N) is 2. The van der Waals surface area contributed by atoms with Gasteiger partial charge < -0.3 is 10.2 Å². The molecule has 0 radical (unpaired) electrons. The van der Waals surface area contributed by atoms with Gasteiger partial charge in [-0.05, 0) is 37.8 Å². The molecule has 5 nitrogen and oxygen atoms in total. The summed E-state index contributed by atoms with van der Waals surface area (Å²) < 4.78 is 0. The maximum absolute atomic E-state index is 10.7. The van der Waals surface area contributed by atoms with Crippen LogP contribution < -0.4 is 10.2 Å². The summed E-state index contributed by atoms with van der Waals surface area (Å²) in [5.74, 6) is 1.34. The fraction of sp³-hybridized carbons (Fsp3) is 0.571. The topological polar surface area (TPSA) is 58.4 Å². The molecule has 2 aliphatic rings. The number of non-ortho nitro benzene ring substituents is 1. The molecule has 19 heavy (non-hydrogen) atoms. The second-order valence-electron chi connectivity index (χ2n) is 6.06. The normalized spacial score (nSPS) is 28.4. The molecular weight excluding hydrogens is 242 g/mol. The summed E-state index contributed by atoms with van der Waals surface area (Å²) in [5.41, 5.74) is 1.34. The third kappa shape index (κ3) is 1.89. The maximum atomic E-state index is 10.7. The molecule has 0 aromatic heterocycles. The lowest BCUT2D eigenvalue weighted by atomic mass is 9.85. The highest BCUT2D eigenvalue weighted by molar-refractivity contribution is 5.54. The first-order valence-corrected chi connectivity index (χ1v) is 6.73. The van der Waals surface area contributed by atoms with Crippen LogP contribution >= 0.6 is 0 Å². The van der Waals surface area contributed by atoms with E-state index in [2.05, 4.69) is 24.1 Å². The Morgan fingerprint density at radius 2 is 2.00 bits per heavy atom. The Bertz CT molecular complexity index is 498. The second kappa shape index (κ2) is 4.20. The summed E-state index contributed by atoms with van der Waals surface area (Å²) in [6.07, 6.45) is 0. The lowest BCUT2D eigenvalue weighted by molar-refractivity contribution is -0.384. The van der Waals surface area contributed by atoms with E-state index in [9.17, 15) is 10.1 Å². The third-order valence-electron chi connectivity index (χ3n) is 4.73. The van der Waals surface area contributed by atoms with E-state index in [1.807, 2.05) is 12.1 Å². The van der Waals surface area contributed by atoms with Crippen LogP contribution in [0.2, 0.25) is 0 Å². The van der Waals surface area contributed by atoms with Crippen LogP contribution in [-0.2, 0) is 0 Å². The molecule has 2 heterocycles. The molecule has 0 aliphatic carbocycles. The molecule has 102 valence electrons. The van der Waals surface area contributed by atoms with E-state index in [1.54, 1.807) is 12.1 Å². The number of anilines is 1. The minimum absolute atomic E-state index is 0.101. The van der Waals surface area contributed by atoms with Crippen molar-refractivity contribution in [3.63, 3.8) is 0 Å². The van der Waals surface area contributed by atoms with E-state index < -0.39 is 0 Å². The summed E-state index contributed by atoms with van der Waals surface area (Å²) in [4.78, 5) is 12.8. The first-order chi connectivity index (χ1) is 9.00. The summed E-state index contributed by atoms with van der Waals surface area (Å²) in [7, 11) is 0. The van der Waals surface area contributed by atoms with Crippen molar-refractivity contribution in [3.05, 3.63) is 34.4 Å². The van der Waals surface area contributed by atoms with Gasteiger partial charge in [0.15, 0.2) is 0 Å². The summed E-state index contributed by atoms with van der Waals surface area (Å²) in [6.45, 7) is 7.72. The van der Waals surface area contributed by atoms with Crippen LogP contribution in [-0.4, -0.2) is 30.1 Å². The van der Waals surface area contributed by atoms with E-state index in [0.717, 1.165) is 25.3 Å². The quantitative estimate of drug-likeness (QED) is 0.653. The molecule has 5 heteroatoms. The Kier molecular flexibility index (Phi) is 2.74. The number of benzene rings is 1. The van der Waals surface area contributed by atoms with Crippen molar-refractivity contribution in [1.82, 2.24) is 5.32 Å². The van der Waals surface area contributed by atoms with Crippen molar-refractivity contribution >= 4 is 11.4 Å². The molecule has 3 rings (SSSR count). The minimum Gasteiger partial charge on any atom is -0.366 e. The molecule has 0 bridgehead atoms. The Morgan fingerprint density at radius 3 is 2.58 bits per heavy atom. The highest BCUT2D eigenvalue weighted by Gasteiger charge is 2.49. The summed E-state index contributed by atoms with van der Waals surface area (Å²) >= 11 is 0. The number of hydrogen-bond donors (Lipinski definition) is 1. The molecule has 1 N–H and O–H groups in total. The molecule has 1 aromatic rings. The Balaban J connectivity index is 1.88. The number of fused-ring (bicyclic) bond motifs is 1. The van der Waals surface area contributed by atoms with Gasteiger partial charge in [0, 0.05) is 43.0 Å². The zero-order valence-electron chi connectivity index (χ0n) is 11.3. The molecule has 2 atom stereocenters. The van der Waals surface area contributed by atoms with E-state index in [0.29, 0.717) is 11.8 Å². The average Bonchev–Trinajstić information content (AvgIpc) is 2.92. The van der Waals surface area contributed by atoms with Crippen LogP contribution in [0.1, 0.15) is 13.8 Å². The van der Waals surface area contributed by atoms with Crippen molar-refractivity contribution in [2.24, 2.45) is 11.8 Å². The fourth-order valence-corrected chi connectivity index (χ4v) is 3.61. The minimum atomic E-state index is -0.350. The Hall–Kier alpha value is -1.62. The summed E-state index contributed by atoms with van der Waals surface area (Å²) in [6, 6.07) is 6.93. The predicted molar refractivity (Wildman–Crippen MR) is 74.4 cm³/mol. The first kappa shape index (κ1) is 12.4. The number of nitrogens with one attached hydrogen (secondary N) is 1. The van der Waals surface area contributed by atoms with Crippen LogP contribution in [0.15, 0.2) is 24.3 Å². The average molecular weight is 261 g/mol. The lowest BCUT2D eigenvalue weighted by Gasteiger charge is -2.37. The molecule has 2 unspecified atom stereocenters. The van der Waals surface area contributed by atoms with Crippen molar-refractivity contribution in [2.75, 3.05) is 24.5 Å². The maximum Gasteiger partial charge on any atom is 0.269 e. The highest BCUT2D eigenvalue weighted by atomic mass is 16.6. The van der Waals surface area contributed by atoms with Crippen LogP contribution in [0, 0.1) is 22.0 Å². The molecule has 1 aromatic carbocycles. The van der Waals surface area contributed by atoms with Gasteiger partial charge in [0.25, 0.3) is 5.69 Å². The van der Waals surface area contributed by atoms with Gasteiger partial charge in [0.1, 0.15) is 0 Å². The molecule has 0 amide bonds. The molecule has 2 aliphatic heterocycles. The van der Waals surface area contributed by atoms with Crippen LogP contribution in [0.4, 0.5) is 11.4 Å². The smallest absolute Gasteiger partial charge is 0.269 e. The number of rotatable bonds is 2. The standard InChI is InChI=1S/C14H19N3O2/c1-14(2)13-8-15-7-10(13)9-16(14)11-3-5-12(6-4-11)17(18)19/h3-6,10,13,15H,7-9H2,1-2H3. The molecule has 0 spiro atoms. The number of hydrogen-bond acceptors (Lipinski definition) is 4.